The van der Waals surface area contributed by atoms with E-state index in [0.717, 1.165) is 6.54 Å². The highest BCUT2D eigenvalue weighted by molar-refractivity contribution is 4.70. The van der Waals surface area contributed by atoms with Crippen LogP contribution in [0.25, 0.3) is 0 Å². The van der Waals surface area contributed by atoms with Gasteiger partial charge in [0.05, 0.1) is 6.61 Å². The number of likely N-dealkylation sites (N-methyl/N-ethyl adjacent to an activating group) is 1. The van der Waals surface area contributed by atoms with Crippen molar-refractivity contribution in [1.82, 2.24) is 4.90 Å². The van der Waals surface area contributed by atoms with Crippen molar-refractivity contribution < 1.29 is 13.5 Å². The number of hydrogen-bond acceptors (Lipinski definition) is 2. The van der Waals surface area contributed by atoms with Crippen LogP contribution in [0.5, 0.6) is 0 Å². The van der Waals surface area contributed by atoms with Gasteiger partial charge in [-0.1, -0.05) is 0 Å². The molecule has 1 aliphatic heterocycles. The molecule has 0 amide bonds. The van der Waals surface area contributed by atoms with Crippen LogP contribution < -0.4 is 0 Å². The molecule has 0 N–H and O–H groups in total. The average molecular weight is 151 g/mol. The average Bonchev–Trinajstić information content (AvgIpc) is 1.88. The molecule has 0 bridgehead atoms. The monoisotopic (exact) mass is 151 g/mol. The van der Waals surface area contributed by atoms with Crippen molar-refractivity contribution in [3.8, 4) is 0 Å². The summed E-state index contributed by atoms with van der Waals surface area (Å²) in [5, 5.41) is 0. The predicted molar refractivity (Wildman–Crippen MR) is 33.2 cm³/mol. The lowest BCUT2D eigenvalue weighted by Crippen LogP contribution is -2.43. The second kappa shape index (κ2) is 3.25. The van der Waals surface area contributed by atoms with Gasteiger partial charge in [0.1, 0.15) is 6.10 Å². The normalized spacial score (nSPS) is 29.4. The van der Waals surface area contributed by atoms with E-state index in [-0.39, 0.29) is 0 Å². The van der Waals surface area contributed by atoms with Gasteiger partial charge in [-0.25, -0.2) is 8.78 Å². The molecule has 1 rings (SSSR count). The first-order valence-corrected chi connectivity index (χ1v) is 3.28. The van der Waals surface area contributed by atoms with Crippen LogP contribution in [-0.2, 0) is 4.74 Å². The van der Waals surface area contributed by atoms with Gasteiger partial charge in [0.15, 0.2) is 0 Å². The van der Waals surface area contributed by atoms with E-state index in [1.54, 1.807) is 0 Å². The maximum atomic E-state index is 11.9. The van der Waals surface area contributed by atoms with Crippen molar-refractivity contribution in [1.29, 1.82) is 0 Å². The van der Waals surface area contributed by atoms with E-state index in [1.807, 2.05) is 11.9 Å². The van der Waals surface area contributed by atoms with Crippen LogP contribution in [0.15, 0.2) is 0 Å². The van der Waals surface area contributed by atoms with Crippen LogP contribution in [0.3, 0.4) is 0 Å². The lowest BCUT2D eigenvalue weighted by molar-refractivity contribution is -0.0969. The Balaban J connectivity index is 2.32. The van der Waals surface area contributed by atoms with Gasteiger partial charge in [0.25, 0.3) is 6.43 Å². The molecule has 0 aromatic heterocycles. The van der Waals surface area contributed by atoms with E-state index in [9.17, 15) is 8.78 Å². The molecule has 1 aliphatic rings. The van der Waals surface area contributed by atoms with Gasteiger partial charge in [0, 0.05) is 13.1 Å². The van der Waals surface area contributed by atoms with Crippen molar-refractivity contribution in [3.05, 3.63) is 0 Å². The van der Waals surface area contributed by atoms with E-state index >= 15 is 0 Å². The summed E-state index contributed by atoms with van der Waals surface area (Å²) in [6, 6.07) is 0. The Kier molecular flexibility index (Phi) is 2.56. The molecular formula is C6H11F2NO. The molecule has 4 heteroatoms. The fraction of sp³-hybridized carbons (Fsp3) is 1.00. The van der Waals surface area contributed by atoms with Crippen LogP contribution in [0.4, 0.5) is 8.78 Å². The predicted octanol–water partition coefficient (Wildman–Crippen LogP) is 0.582. The Labute approximate surface area is 58.8 Å². The first kappa shape index (κ1) is 7.88. The molecule has 1 heterocycles. The minimum absolute atomic E-state index is 0.345. The molecule has 0 unspecified atom stereocenters. The van der Waals surface area contributed by atoms with Crippen LogP contribution in [0, 0.1) is 0 Å². The van der Waals surface area contributed by atoms with Gasteiger partial charge in [0.2, 0.25) is 0 Å². The summed E-state index contributed by atoms with van der Waals surface area (Å²) in [6.07, 6.45) is -3.22. The third-order valence-corrected chi connectivity index (χ3v) is 1.58. The van der Waals surface area contributed by atoms with Crippen molar-refractivity contribution in [2.24, 2.45) is 0 Å². The van der Waals surface area contributed by atoms with Gasteiger partial charge in [-0.15, -0.1) is 0 Å². The fourth-order valence-electron chi connectivity index (χ4n) is 0.964. The van der Waals surface area contributed by atoms with Crippen molar-refractivity contribution >= 4 is 0 Å². The Morgan fingerprint density at radius 3 is 2.70 bits per heavy atom. The molecule has 1 atom stereocenters. The van der Waals surface area contributed by atoms with Crippen molar-refractivity contribution in [3.63, 3.8) is 0 Å². The second-order valence-corrected chi connectivity index (χ2v) is 2.51. The van der Waals surface area contributed by atoms with Gasteiger partial charge in [-0.2, -0.15) is 0 Å². The third-order valence-electron chi connectivity index (χ3n) is 1.58. The molecule has 0 spiro atoms. The zero-order valence-electron chi connectivity index (χ0n) is 5.89. The Morgan fingerprint density at radius 2 is 2.30 bits per heavy atom. The topological polar surface area (TPSA) is 12.5 Å². The van der Waals surface area contributed by atoms with Gasteiger partial charge in [-0.05, 0) is 7.05 Å². The van der Waals surface area contributed by atoms with E-state index in [4.69, 9.17) is 4.74 Å². The SMILES string of the molecule is CN1CCO[C@@H](C(F)F)C1. The lowest BCUT2D eigenvalue weighted by Gasteiger charge is -2.29. The van der Waals surface area contributed by atoms with E-state index in [1.165, 1.54) is 0 Å². The maximum absolute atomic E-state index is 11.9. The first-order valence-electron chi connectivity index (χ1n) is 3.28. The molecule has 1 fully saturated rings. The second-order valence-electron chi connectivity index (χ2n) is 2.51. The number of halogens is 2. The summed E-state index contributed by atoms with van der Waals surface area (Å²) in [7, 11) is 1.82. The third kappa shape index (κ3) is 1.88. The molecule has 0 saturated carbocycles. The van der Waals surface area contributed by atoms with Crippen LogP contribution in [0.2, 0.25) is 0 Å². The smallest absolute Gasteiger partial charge is 0.265 e. The fourth-order valence-corrected chi connectivity index (χ4v) is 0.964. The molecule has 0 aliphatic carbocycles. The standard InChI is InChI=1S/C6H11F2NO/c1-9-2-3-10-5(4-9)6(7)8/h5-6H,2-4H2,1H3/t5-/m1/s1. The molecule has 0 radical (unpaired) electrons. The Hall–Kier alpha value is -0.220. The highest BCUT2D eigenvalue weighted by Gasteiger charge is 2.25. The van der Waals surface area contributed by atoms with Crippen LogP contribution in [0.1, 0.15) is 0 Å². The zero-order valence-corrected chi connectivity index (χ0v) is 5.89. The van der Waals surface area contributed by atoms with Gasteiger partial charge in [-0.3, -0.25) is 0 Å². The summed E-state index contributed by atoms with van der Waals surface area (Å²) in [5.74, 6) is 0. The first-order chi connectivity index (χ1) is 4.70. The highest BCUT2D eigenvalue weighted by atomic mass is 19.3. The molecule has 2 nitrogen and oxygen atoms in total. The number of nitrogens with zero attached hydrogens (tertiary/aromatic N) is 1. The maximum Gasteiger partial charge on any atom is 0.265 e. The van der Waals surface area contributed by atoms with Crippen molar-refractivity contribution in [2.75, 3.05) is 26.7 Å². The molecule has 1 saturated heterocycles. The van der Waals surface area contributed by atoms with Crippen LogP contribution in [-0.4, -0.2) is 44.2 Å². The Bertz CT molecular complexity index is 110. The molecule has 10 heavy (non-hydrogen) atoms. The molecular weight excluding hydrogens is 140 g/mol. The van der Waals surface area contributed by atoms with Gasteiger partial charge >= 0.3 is 0 Å². The summed E-state index contributed by atoms with van der Waals surface area (Å²) >= 11 is 0. The lowest BCUT2D eigenvalue weighted by atomic mass is 10.3. The summed E-state index contributed by atoms with van der Waals surface area (Å²) < 4.78 is 28.7. The summed E-state index contributed by atoms with van der Waals surface area (Å²) in [4.78, 5) is 1.85. The Morgan fingerprint density at radius 1 is 1.60 bits per heavy atom. The minimum Gasteiger partial charge on any atom is -0.370 e. The minimum atomic E-state index is -2.34. The number of hydrogen-bond donors (Lipinski definition) is 0. The zero-order chi connectivity index (χ0) is 7.56. The largest absolute Gasteiger partial charge is 0.370 e. The summed E-state index contributed by atoms with van der Waals surface area (Å²) in [5.41, 5.74) is 0. The molecule has 60 valence electrons. The number of morpholine rings is 1. The van der Waals surface area contributed by atoms with E-state index < -0.39 is 12.5 Å². The highest BCUT2D eigenvalue weighted by Crippen LogP contribution is 2.10. The van der Waals surface area contributed by atoms with E-state index in [2.05, 4.69) is 0 Å². The van der Waals surface area contributed by atoms with Gasteiger partial charge < -0.3 is 9.64 Å². The van der Waals surface area contributed by atoms with Crippen molar-refractivity contribution in [2.45, 2.75) is 12.5 Å². The molecule has 0 aromatic carbocycles. The number of alkyl halides is 2. The molecule has 0 aromatic rings. The van der Waals surface area contributed by atoms with E-state index in [0.29, 0.717) is 13.2 Å². The quantitative estimate of drug-likeness (QED) is 0.543. The summed E-state index contributed by atoms with van der Waals surface area (Å²) in [6.45, 7) is 1.52. The number of rotatable bonds is 1. The van der Waals surface area contributed by atoms with Crippen LogP contribution >= 0.6 is 0 Å². The number of ether oxygens (including phenoxy) is 1.